The van der Waals surface area contributed by atoms with Gasteiger partial charge in [-0.25, -0.2) is 4.79 Å². The Hall–Kier alpha value is -3.08. The molecule has 1 aromatic heterocycles. The van der Waals surface area contributed by atoms with Crippen LogP contribution in [0.15, 0.2) is 59.5 Å². The van der Waals surface area contributed by atoms with Gasteiger partial charge in [0.2, 0.25) is 0 Å². The van der Waals surface area contributed by atoms with E-state index in [4.69, 9.17) is 10.5 Å². The molecule has 22 heavy (non-hydrogen) atoms. The first kappa shape index (κ1) is 13.9. The summed E-state index contributed by atoms with van der Waals surface area (Å²) in [5.74, 6) is -0.486. The van der Waals surface area contributed by atoms with Crippen LogP contribution in [0.2, 0.25) is 0 Å². The van der Waals surface area contributed by atoms with Crippen molar-refractivity contribution in [2.75, 3.05) is 12.8 Å². The maximum absolute atomic E-state index is 12.7. The Balaban J connectivity index is 2.36. The van der Waals surface area contributed by atoms with E-state index in [0.717, 1.165) is 0 Å². The maximum Gasteiger partial charge on any atom is 0.340 e. The van der Waals surface area contributed by atoms with E-state index in [1.807, 2.05) is 0 Å². The number of rotatable bonds is 2. The van der Waals surface area contributed by atoms with Crippen molar-refractivity contribution in [2.24, 2.45) is 0 Å². The highest BCUT2D eigenvalue weighted by Crippen LogP contribution is 2.18. The average molecular weight is 294 g/mol. The fourth-order valence-corrected chi connectivity index (χ4v) is 2.39. The number of fused-ring (bicyclic) bond motifs is 1. The van der Waals surface area contributed by atoms with Gasteiger partial charge in [0, 0.05) is 28.3 Å². The molecule has 1 heterocycles. The molecule has 0 aliphatic rings. The third-order valence-electron chi connectivity index (χ3n) is 3.50. The number of aromatic nitrogens is 1. The van der Waals surface area contributed by atoms with Crippen molar-refractivity contribution in [3.8, 4) is 5.69 Å². The van der Waals surface area contributed by atoms with Crippen LogP contribution in [0.5, 0.6) is 0 Å². The Kier molecular flexibility index (Phi) is 3.39. The van der Waals surface area contributed by atoms with Gasteiger partial charge in [-0.15, -0.1) is 0 Å². The van der Waals surface area contributed by atoms with Gasteiger partial charge in [-0.2, -0.15) is 0 Å². The van der Waals surface area contributed by atoms with E-state index in [0.29, 0.717) is 27.7 Å². The molecule has 2 N–H and O–H groups in total. The minimum absolute atomic E-state index is 0.201. The van der Waals surface area contributed by atoms with E-state index in [2.05, 4.69) is 0 Å². The van der Waals surface area contributed by atoms with E-state index in [9.17, 15) is 9.59 Å². The van der Waals surface area contributed by atoms with Crippen LogP contribution < -0.4 is 11.3 Å². The lowest BCUT2D eigenvalue weighted by molar-refractivity contribution is 0.0602. The van der Waals surface area contributed by atoms with Gasteiger partial charge in [0.25, 0.3) is 5.56 Å². The number of benzene rings is 2. The summed E-state index contributed by atoms with van der Waals surface area (Å²) in [6, 6.07) is 13.8. The number of hydrogen-bond acceptors (Lipinski definition) is 4. The normalized spacial score (nSPS) is 10.6. The zero-order valence-corrected chi connectivity index (χ0v) is 11.9. The Bertz CT molecular complexity index is 911. The zero-order valence-electron chi connectivity index (χ0n) is 11.9. The van der Waals surface area contributed by atoms with E-state index < -0.39 is 5.97 Å². The average Bonchev–Trinajstić information content (AvgIpc) is 2.56. The molecule has 0 spiro atoms. The van der Waals surface area contributed by atoms with Crippen LogP contribution in [0.1, 0.15) is 10.4 Å². The minimum Gasteiger partial charge on any atom is -0.465 e. The molecule has 110 valence electrons. The number of carbonyl (C=O) groups excluding carboxylic acids is 1. The minimum atomic E-state index is -0.486. The molecule has 0 atom stereocenters. The number of anilines is 1. The number of hydrogen-bond donors (Lipinski definition) is 1. The predicted octanol–water partition coefficient (Wildman–Crippen LogP) is 2.36. The summed E-state index contributed by atoms with van der Waals surface area (Å²) in [6.45, 7) is 0. The second kappa shape index (κ2) is 5.37. The van der Waals surface area contributed by atoms with Gasteiger partial charge in [0.15, 0.2) is 0 Å². The summed E-state index contributed by atoms with van der Waals surface area (Å²) in [7, 11) is 1.32. The lowest BCUT2D eigenvalue weighted by Gasteiger charge is -2.11. The molecular formula is C17H14N2O3. The third-order valence-corrected chi connectivity index (χ3v) is 3.50. The summed E-state index contributed by atoms with van der Waals surface area (Å²) < 4.78 is 6.24. The van der Waals surface area contributed by atoms with Gasteiger partial charge < -0.3 is 10.5 Å². The predicted molar refractivity (Wildman–Crippen MR) is 85.3 cm³/mol. The molecule has 5 heteroatoms. The zero-order chi connectivity index (χ0) is 15.7. The molecule has 0 aliphatic heterocycles. The highest BCUT2D eigenvalue weighted by atomic mass is 16.5. The van der Waals surface area contributed by atoms with Crippen molar-refractivity contribution in [3.05, 3.63) is 70.6 Å². The number of pyridine rings is 1. The van der Waals surface area contributed by atoms with Crippen LogP contribution in [0.3, 0.4) is 0 Å². The first-order valence-electron chi connectivity index (χ1n) is 6.70. The topological polar surface area (TPSA) is 74.3 Å². The lowest BCUT2D eigenvalue weighted by Crippen LogP contribution is -2.20. The van der Waals surface area contributed by atoms with Gasteiger partial charge in [-0.1, -0.05) is 18.2 Å². The molecule has 0 amide bonds. The second-order valence-electron chi connectivity index (χ2n) is 4.85. The second-order valence-corrected chi connectivity index (χ2v) is 4.85. The van der Waals surface area contributed by atoms with Gasteiger partial charge in [-0.3, -0.25) is 9.36 Å². The molecule has 0 saturated carbocycles. The summed E-state index contributed by atoms with van der Waals surface area (Å²) in [5, 5.41) is 1.04. The third kappa shape index (κ3) is 2.22. The van der Waals surface area contributed by atoms with Crippen LogP contribution in [-0.4, -0.2) is 17.6 Å². The lowest BCUT2D eigenvalue weighted by atomic mass is 10.1. The van der Waals surface area contributed by atoms with Crippen LogP contribution >= 0.6 is 0 Å². The molecule has 0 fully saturated rings. The molecule has 3 aromatic rings. The number of nitrogen functional groups attached to an aromatic ring is 1. The Morgan fingerprint density at radius 2 is 1.68 bits per heavy atom. The van der Waals surface area contributed by atoms with Crippen molar-refractivity contribution in [3.63, 3.8) is 0 Å². The van der Waals surface area contributed by atoms with E-state index in [1.54, 1.807) is 48.5 Å². The highest BCUT2D eigenvalue weighted by Gasteiger charge is 2.15. The molecule has 3 rings (SSSR count). The van der Waals surface area contributed by atoms with E-state index in [-0.39, 0.29) is 5.56 Å². The van der Waals surface area contributed by atoms with Crippen LogP contribution in [-0.2, 0) is 4.74 Å². The molecule has 2 aromatic carbocycles. The standard InChI is InChI=1S/C17H14N2O3/c1-22-17(21)15-10-19(12-8-6-11(18)7-9-12)16(20)14-5-3-2-4-13(14)15/h2-10H,18H2,1H3. The summed E-state index contributed by atoms with van der Waals surface area (Å²) >= 11 is 0. The van der Waals surface area contributed by atoms with Crippen molar-refractivity contribution in [1.82, 2.24) is 4.57 Å². The van der Waals surface area contributed by atoms with Crippen molar-refractivity contribution in [2.45, 2.75) is 0 Å². The van der Waals surface area contributed by atoms with Crippen molar-refractivity contribution >= 4 is 22.4 Å². The Labute approximate surface area is 126 Å². The number of esters is 1. The molecule has 0 saturated heterocycles. The first-order valence-corrected chi connectivity index (χ1v) is 6.70. The summed E-state index contributed by atoms with van der Waals surface area (Å²) in [4.78, 5) is 24.7. The van der Waals surface area contributed by atoms with Gasteiger partial charge in [0.1, 0.15) is 0 Å². The van der Waals surface area contributed by atoms with E-state index in [1.165, 1.54) is 17.9 Å². The number of nitrogens with two attached hydrogens (primary N) is 1. The molecule has 0 aliphatic carbocycles. The van der Waals surface area contributed by atoms with Crippen molar-refractivity contribution in [1.29, 1.82) is 0 Å². The number of nitrogens with zero attached hydrogens (tertiary/aromatic N) is 1. The summed E-state index contributed by atoms with van der Waals surface area (Å²) in [6.07, 6.45) is 1.50. The SMILES string of the molecule is COC(=O)c1cn(-c2ccc(N)cc2)c(=O)c2ccccc12. The Morgan fingerprint density at radius 3 is 2.32 bits per heavy atom. The highest BCUT2D eigenvalue weighted by molar-refractivity contribution is 6.04. The summed E-state index contributed by atoms with van der Waals surface area (Å²) in [5.41, 5.74) is 7.05. The number of methoxy groups -OCH3 is 1. The number of ether oxygens (including phenoxy) is 1. The molecule has 0 bridgehead atoms. The molecule has 0 radical (unpaired) electrons. The monoisotopic (exact) mass is 294 g/mol. The molecular weight excluding hydrogens is 280 g/mol. The quantitative estimate of drug-likeness (QED) is 0.581. The van der Waals surface area contributed by atoms with Gasteiger partial charge in [0.05, 0.1) is 12.7 Å². The molecule has 5 nitrogen and oxygen atoms in total. The smallest absolute Gasteiger partial charge is 0.340 e. The van der Waals surface area contributed by atoms with Crippen LogP contribution in [0, 0.1) is 0 Å². The number of carbonyl (C=O) groups is 1. The fourth-order valence-electron chi connectivity index (χ4n) is 2.39. The van der Waals surface area contributed by atoms with Gasteiger partial charge in [-0.05, 0) is 30.3 Å². The van der Waals surface area contributed by atoms with Gasteiger partial charge >= 0.3 is 5.97 Å². The van der Waals surface area contributed by atoms with Crippen molar-refractivity contribution < 1.29 is 9.53 Å². The Morgan fingerprint density at radius 1 is 1.05 bits per heavy atom. The first-order chi connectivity index (χ1) is 10.6. The van der Waals surface area contributed by atoms with Crippen LogP contribution in [0.25, 0.3) is 16.5 Å². The van der Waals surface area contributed by atoms with Crippen LogP contribution in [0.4, 0.5) is 5.69 Å². The molecule has 0 unspecified atom stereocenters. The van der Waals surface area contributed by atoms with E-state index >= 15 is 0 Å². The fraction of sp³-hybridized carbons (Fsp3) is 0.0588. The largest absolute Gasteiger partial charge is 0.465 e. The maximum atomic E-state index is 12.7.